The van der Waals surface area contributed by atoms with Crippen molar-refractivity contribution < 1.29 is 22.8 Å². The van der Waals surface area contributed by atoms with Crippen molar-refractivity contribution in [2.45, 2.75) is 25.4 Å². The zero-order valence-corrected chi connectivity index (χ0v) is 18.1. The second-order valence-corrected chi connectivity index (χ2v) is 8.02. The molecule has 1 saturated heterocycles. The van der Waals surface area contributed by atoms with Gasteiger partial charge in [0.25, 0.3) is 5.91 Å². The molecule has 0 saturated carbocycles. The Morgan fingerprint density at radius 2 is 1.66 bits per heavy atom. The van der Waals surface area contributed by atoms with E-state index in [0.717, 1.165) is 30.8 Å². The summed E-state index contributed by atoms with van der Waals surface area (Å²) in [7, 11) is 0. The van der Waals surface area contributed by atoms with E-state index in [4.69, 9.17) is 0 Å². The van der Waals surface area contributed by atoms with E-state index in [0.29, 0.717) is 19.6 Å². The van der Waals surface area contributed by atoms with Crippen LogP contribution in [0.2, 0.25) is 0 Å². The van der Waals surface area contributed by atoms with Gasteiger partial charge in [-0.3, -0.25) is 9.59 Å². The largest absolute Gasteiger partial charge is 0.416 e. The Labute approximate surface area is 186 Å². The standard InChI is InChI=1S/C24H28F3N3O2/c1-18(19-5-3-2-4-6-19)17-30(14-11-22(31)29-15-12-28-13-16-29)23(32)20-7-9-21(10-8-20)24(25,26)27/h2-10,18,28H,11-17H2,1H3/t18-/m0/s1. The molecule has 1 heterocycles. The van der Waals surface area contributed by atoms with Crippen molar-refractivity contribution in [3.8, 4) is 0 Å². The number of hydrogen-bond donors (Lipinski definition) is 1. The number of piperazine rings is 1. The van der Waals surface area contributed by atoms with E-state index in [1.165, 1.54) is 12.1 Å². The molecule has 0 bridgehead atoms. The molecule has 3 rings (SSSR count). The van der Waals surface area contributed by atoms with Gasteiger partial charge in [-0.15, -0.1) is 0 Å². The lowest BCUT2D eigenvalue weighted by atomic mass is 10.00. The molecule has 5 nitrogen and oxygen atoms in total. The molecule has 1 fully saturated rings. The molecular weight excluding hydrogens is 419 g/mol. The van der Waals surface area contributed by atoms with Crippen molar-refractivity contribution in [3.05, 3.63) is 71.3 Å². The van der Waals surface area contributed by atoms with Crippen LogP contribution in [0.25, 0.3) is 0 Å². The maximum absolute atomic E-state index is 13.2. The third-order valence-corrected chi connectivity index (χ3v) is 5.67. The number of nitrogens with zero attached hydrogens (tertiary/aromatic N) is 2. The molecule has 0 aliphatic carbocycles. The van der Waals surface area contributed by atoms with Crippen molar-refractivity contribution in [1.82, 2.24) is 15.1 Å². The maximum atomic E-state index is 13.2. The highest BCUT2D eigenvalue weighted by atomic mass is 19.4. The first-order valence-corrected chi connectivity index (χ1v) is 10.8. The van der Waals surface area contributed by atoms with Gasteiger partial charge in [0.15, 0.2) is 0 Å². The third-order valence-electron chi connectivity index (χ3n) is 5.67. The molecule has 0 aromatic heterocycles. The van der Waals surface area contributed by atoms with Gasteiger partial charge in [0.05, 0.1) is 5.56 Å². The second kappa shape index (κ2) is 10.6. The topological polar surface area (TPSA) is 52.7 Å². The van der Waals surface area contributed by atoms with Gasteiger partial charge < -0.3 is 15.1 Å². The Bertz CT molecular complexity index is 895. The summed E-state index contributed by atoms with van der Waals surface area (Å²) in [5.41, 5.74) is 0.422. The molecular formula is C24H28F3N3O2. The predicted octanol–water partition coefficient (Wildman–Crippen LogP) is 3.77. The van der Waals surface area contributed by atoms with Crippen LogP contribution in [0.15, 0.2) is 54.6 Å². The molecule has 0 spiro atoms. The molecule has 1 atom stereocenters. The summed E-state index contributed by atoms with van der Waals surface area (Å²) in [4.78, 5) is 29.1. The van der Waals surface area contributed by atoms with E-state index in [9.17, 15) is 22.8 Å². The molecule has 0 unspecified atom stereocenters. The molecule has 2 amide bonds. The van der Waals surface area contributed by atoms with Gasteiger partial charge in [0.2, 0.25) is 5.91 Å². The molecule has 1 N–H and O–H groups in total. The molecule has 2 aromatic carbocycles. The van der Waals surface area contributed by atoms with E-state index >= 15 is 0 Å². The molecule has 32 heavy (non-hydrogen) atoms. The Morgan fingerprint density at radius 3 is 2.25 bits per heavy atom. The zero-order valence-electron chi connectivity index (χ0n) is 18.1. The van der Waals surface area contributed by atoms with E-state index in [2.05, 4.69) is 5.32 Å². The van der Waals surface area contributed by atoms with Crippen molar-refractivity contribution in [1.29, 1.82) is 0 Å². The summed E-state index contributed by atoms with van der Waals surface area (Å²) >= 11 is 0. The van der Waals surface area contributed by atoms with Gasteiger partial charge >= 0.3 is 6.18 Å². The number of nitrogens with one attached hydrogen (secondary N) is 1. The molecule has 0 radical (unpaired) electrons. The Morgan fingerprint density at radius 1 is 1.03 bits per heavy atom. The summed E-state index contributed by atoms with van der Waals surface area (Å²) in [6.07, 6.45) is -4.29. The normalized spacial score (nSPS) is 15.3. The maximum Gasteiger partial charge on any atom is 0.416 e. The number of carbonyl (C=O) groups excluding carboxylic acids is 2. The monoisotopic (exact) mass is 447 g/mol. The lowest BCUT2D eigenvalue weighted by Gasteiger charge is -2.30. The second-order valence-electron chi connectivity index (χ2n) is 8.02. The average molecular weight is 448 g/mol. The van der Waals surface area contributed by atoms with Crippen LogP contribution in [0, 0.1) is 0 Å². The Hall–Kier alpha value is -2.87. The lowest BCUT2D eigenvalue weighted by Crippen LogP contribution is -2.47. The van der Waals surface area contributed by atoms with Gasteiger partial charge in [0.1, 0.15) is 0 Å². The summed E-state index contributed by atoms with van der Waals surface area (Å²) < 4.78 is 38.7. The SMILES string of the molecule is C[C@@H](CN(CCC(=O)N1CCNCC1)C(=O)c1ccc(C(F)(F)F)cc1)c1ccccc1. The number of halogens is 3. The molecule has 1 aliphatic heterocycles. The van der Waals surface area contributed by atoms with Crippen molar-refractivity contribution in [3.63, 3.8) is 0 Å². The summed E-state index contributed by atoms with van der Waals surface area (Å²) in [5, 5.41) is 3.20. The van der Waals surface area contributed by atoms with Crippen LogP contribution in [-0.4, -0.2) is 60.9 Å². The average Bonchev–Trinajstić information content (AvgIpc) is 2.81. The smallest absolute Gasteiger partial charge is 0.340 e. The molecule has 8 heteroatoms. The van der Waals surface area contributed by atoms with E-state index in [1.807, 2.05) is 37.3 Å². The summed E-state index contributed by atoms with van der Waals surface area (Å²) in [6, 6.07) is 13.9. The third kappa shape index (κ3) is 6.32. The van der Waals surface area contributed by atoms with Crippen molar-refractivity contribution in [2.24, 2.45) is 0 Å². The number of rotatable bonds is 7. The van der Waals surface area contributed by atoms with Crippen LogP contribution in [0.1, 0.15) is 40.7 Å². The van der Waals surface area contributed by atoms with Crippen LogP contribution in [-0.2, 0) is 11.0 Å². The van der Waals surface area contributed by atoms with Crippen molar-refractivity contribution >= 4 is 11.8 Å². The number of hydrogen-bond acceptors (Lipinski definition) is 3. The van der Waals surface area contributed by atoms with E-state index in [1.54, 1.807) is 9.80 Å². The lowest BCUT2D eigenvalue weighted by molar-refractivity contribution is -0.137. The van der Waals surface area contributed by atoms with Gasteiger partial charge in [-0.1, -0.05) is 37.3 Å². The molecule has 2 aromatic rings. The van der Waals surface area contributed by atoms with Crippen LogP contribution >= 0.6 is 0 Å². The van der Waals surface area contributed by atoms with Crippen LogP contribution < -0.4 is 5.32 Å². The predicted molar refractivity (Wildman–Crippen MR) is 116 cm³/mol. The fraction of sp³-hybridized carbons (Fsp3) is 0.417. The van der Waals surface area contributed by atoms with Crippen LogP contribution in [0.4, 0.5) is 13.2 Å². The summed E-state index contributed by atoms with van der Waals surface area (Å²) in [6.45, 7) is 5.30. The van der Waals surface area contributed by atoms with Gasteiger partial charge in [-0.2, -0.15) is 13.2 Å². The van der Waals surface area contributed by atoms with Crippen LogP contribution in [0.5, 0.6) is 0 Å². The Kier molecular flexibility index (Phi) is 7.90. The van der Waals surface area contributed by atoms with Gasteiger partial charge in [-0.25, -0.2) is 0 Å². The van der Waals surface area contributed by atoms with Crippen molar-refractivity contribution in [2.75, 3.05) is 39.3 Å². The number of carbonyl (C=O) groups is 2. The minimum Gasteiger partial charge on any atom is -0.340 e. The number of alkyl halides is 3. The fourth-order valence-corrected chi connectivity index (χ4v) is 3.78. The highest BCUT2D eigenvalue weighted by Gasteiger charge is 2.30. The number of benzene rings is 2. The fourth-order valence-electron chi connectivity index (χ4n) is 3.78. The molecule has 172 valence electrons. The summed E-state index contributed by atoms with van der Waals surface area (Å²) in [5.74, 6) is -0.400. The Balaban J connectivity index is 1.74. The quantitative estimate of drug-likeness (QED) is 0.703. The zero-order chi connectivity index (χ0) is 23.1. The first-order valence-electron chi connectivity index (χ1n) is 10.8. The van der Waals surface area contributed by atoms with Gasteiger partial charge in [0, 0.05) is 51.3 Å². The highest BCUT2D eigenvalue weighted by Crippen LogP contribution is 2.29. The first kappa shape index (κ1) is 23.8. The molecule has 1 aliphatic rings. The van der Waals surface area contributed by atoms with Gasteiger partial charge in [-0.05, 0) is 35.7 Å². The first-order chi connectivity index (χ1) is 15.3. The number of amides is 2. The van der Waals surface area contributed by atoms with E-state index in [-0.39, 0.29) is 36.3 Å². The minimum absolute atomic E-state index is 0.00360. The minimum atomic E-state index is -4.46. The highest BCUT2D eigenvalue weighted by molar-refractivity contribution is 5.94. The van der Waals surface area contributed by atoms with E-state index < -0.39 is 11.7 Å². The van der Waals surface area contributed by atoms with Crippen LogP contribution in [0.3, 0.4) is 0 Å².